The van der Waals surface area contributed by atoms with Gasteiger partial charge < -0.3 is 42.6 Å². The first kappa shape index (κ1) is 58.2. The average molecular weight is 1060 g/mol. The van der Waals surface area contributed by atoms with E-state index in [9.17, 15) is 38.4 Å². The van der Waals surface area contributed by atoms with Crippen LogP contribution in [0.3, 0.4) is 0 Å². The third-order valence-electron chi connectivity index (χ3n) is 13.0. The zero-order chi connectivity index (χ0) is 54.8. The minimum atomic E-state index is -0.750. The summed E-state index contributed by atoms with van der Waals surface area (Å²) in [5, 5.41) is 0. The first-order chi connectivity index (χ1) is 37.4. The second-order valence-electron chi connectivity index (χ2n) is 18.6. The lowest BCUT2D eigenvalue weighted by Gasteiger charge is -2.27. The highest BCUT2D eigenvalue weighted by atomic mass is 16.6. The van der Waals surface area contributed by atoms with E-state index in [0.717, 1.165) is 63.5 Å². The van der Waals surface area contributed by atoms with Crippen molar-refractivity contribution in [3.63, 3.8) is 0 Å². The molecule has 0 aliphatic heterocycles. The Morgan fingerprint density at radius 1 is 0.429 bits per heavy atom. The first-order valence-electron chi connectivity index (χ1n) is 26.2. The lowest BCUT2D eigenvalue weighted by Crippen LogP contribution is -2.30. The van der Waals surface area contributed by atoms with Crippen molar-refractivity contribution in [1.82, 2.24) is 0 Å². The summed E-state index contributed by atoms with van der Waals surface area (Å²) in [6.45, 7) is 8.51. The van der Waals surface area contributed by atoms with Crippen LogP contribution in [0.4, 0.5) is 0 Å². The van der Waals surface area contributed by atoms with E-state index in [1.54, 1.807) is 48.5 Å². The van der Waals surface area contributed by atoms with Gasteiger partial charge in [0.1, 0.15) is 41.0 Å². The molecule has 4 aromatic rings. The molecule has 0 N–H and O–H groups in total. The largest absolute Gasteiger partial charge is 0.494 e. The molecule has 0 amide bonds. The van der Waals surface area contributed by atoms with Gasteiger partial charge in [-0.1, -0.05) is 13.2 Å². The lowest BCUT2D eigenvalue weighted by molar-refractivity contribution is -0.141. The Morgan fingerprint density at radius 2 is 0.818 bits per heavy atom. The fourth-order valence-corrected chi connectivity index (χ4v) is 8.63. The molecule has 0 radical (unpaired) electrons. The Bertz CT molecular complexity index is 2620. The van der Waals surface area contributed by atoms with Gasteiger partial charge in [0.2, 0.25) is 0 Å². The van der Waals surface area contributed by atoms with Crippen molar-refractivity contribution in [3.8, 4) is 28.7 Å². The molecule has 77 heavy (non-hydrogen) atoms. The molecule has 0 heterocycles. The molecule has 0 spiro atoms. The van der Waals surface area contributed by atoms with Crippen LogP contribution in [0.25, 0.3) is 0 Å². The van der Waals surface area contributed by atoms with E-state index in [1.807, 2.05) is 0 Å². The second kappa shape index (κ2) is 31.1. The molecule has 2 fully saturated rings. The van der Waals surface area contributed by atoms with Crippen molar-refractivity contribution in [2.75, 3.05) is 26.4 Å². The molecule has 6 rings (SSSR count). The molecule has 2 saturated carbocycles. The van der Waals surface area contributed by atoms with Gasteiger partial charge in [-0.2, -0.15) is 0 Å². The van der Waals surface area contributed by atoms with Crippen LogP contribution in [-0.4, -0.2) is 86.7 Å². The summed E-state index contributed by atoms with van der Waals surface area (Å²) in [5.74, 6) is -2.44. The van der Waals surface area contributed by atoms with Crippen LogP contribution in [0, 0.1) is 11.8 Å². The Labute approximate surface area is 448 Å². The van der Waals surface area contributed by atoms with Gasteiger partial charge in [0, 0.05) is 17.7 Å². The van der Waals surface area contributed by atoms with Crippen LogP contribution < -0.4 is 23.7 Å². The molecule has 0 atom stereocenters. The number of hydrogen-bond donors (Lipinski definition) is 0. The molecule has 4 aromatic carbocycles. The molecule has 17 nitrogen and oxygen atoms in total. The fourth-order valence-electron chi connectivity index (χ4n) is 8.63. The van der Waals surface area contributed by atoms with Gasteiger partial charge >= 0.3 is 41.8 Å². The number of aldehydes is 1. The average Bonchev–Trinajstić information content (AvgIpc) is 3.45. The van der Waals surface area contributed by atoms with Gasteiger partial charge in [0.05, 0.1) is 55.0 Å². The molecule has 2 aliphatic carbocycles. The van der Waals surface area contributed by atoms with Gasteiger partial charge in [-0.15, -0.1) is 0 Å². The zero-order valence-electron chi connectivity index (χ0n) is 43.2. The number of hydrogen-bond acceptors (Lipinski definition) is 17. The van der Waals surface area contributed by atoms with Crippen molar-refractivity contribution < 1.29 is 81.0 Å². The Balaban J connectivity index is 0.843. The standard InChI is InChI=1S/C60H66O17/c1-3-54(62)71-37-11-7-5-9-35-69-46-21-13-41(14-22-46)56(64)73-48-23-15-42(16-24-48)57(65)74-49-25-17-44(18-26-49)59(67)77-52-33-34-53(45(39-52)40-61)60(68)76-50-27-19-43(20-28-50)58(66)75-51-31-29-47(30-32-51)70-36-10-6-8-12-38-72-55(63)4-2/h3-4,13-14,17-18,21-22,25-26,29-34,39-40,42-43,48,50H,1-2,5-12,15-16,19-20,23-24,27-28,35-38H2. The number of ether oxygens (including phenoxy) is 9. The third-order valence-corrected chi connectivity index (χ3v) is 13.0. The van der Waals surface area contributed by atoms with Crippen molar-refractivity contribution in [3.05, 3.63) is 139 Å². The van der Waals surface area contributed by atoms with E-state index in [4.69, 9.17) is 42.6 Å². The summed E-state index contributed by atoms with van der Waals surface area (Å²) >= 11 is 0. The smallest absolute Gasteiger partial charge is 0.343 e. The molecule has 408 valence electrons. The molecule has 17 heteroatoms. The highest BCUT2D eigenvalue weighted by Gasteiger charge is 2.32. The Morgan fingerprint density at radius 3 is 1.27 bits per heavy atom. The highest BCUT2D eigenvalue weighted by Crippen LogP contribution is 2.31. The van der Waals surface area contributed by atoms with E-state index < -0.39 is 47.8 Å². The quantitative estimate of drug-likeness (QED) is 0.0123. The molecular formula is C60H66O17. The number of unbranched alkanes of at least 4 members (excludes halogenated alkanes) is 6. The van der Waals surface area contributed by atoms with Crippen molar-refractivity contribution in [1.29, 1.82) is 0 Å². The summed E-state index contributed by atoms with van der Waals surface area (Å²) < 4.78 is 49.7. The summed E-state index contributed by atoms with van der Waals surface area (Å²) in [6, 6.07) is 23.4. The van der Waals surface area contributed by atoms with E-state index >= 15 is 0 Å². The van der Waals surface area contributed by atoms with E-state index in [2.05, 4.69) is 13.2 Å². The molecular weight excluding hydrogens is 993 g/mol. The van der Waals surface area contributed by atoms with Crippen LogP contribution >= 0.6 is 0 Å². The third kappa shape index (κ3) is 19.5. The summed E-state index contributed by atoms with van der Waals surface area (Å²) in [4.78, 5) is 99.4. The minimum absolute atomic E-state index is 0.00516. The minimum Gasteiger partial charge on any atom is -0.494 e. The topological polar surface area (TPSA) is 220 Å². The van der Waals surface area contributed by atoms with Crippen LogP contribution in [0.15, 0.2) is 116 Å². The fraction of sp³-hybridized carbons (Fsp3) is 0.400. The van der Waals surface area contributed by atoms with Crippen LogP contribution in [-0.2, 0) is 38.1 Å². The zero-order valence-corrected chi connectivity index (χ0v) is 43.2. The maximum atomic E-state index is 13.2. The van der Waals surface area contributed by atoms with Crippen molar-refractivity contribution in [2.24, 2.45) is 11.8 Å². The number of esters is 7. The van der Waals surface area contributed by atoms with Crippen LogP contribution in [0.2, 0.25) is 0 Å². The van der Waals surface area contributed by atoms with Gasteiger partial charge in [-0.05, 0) is 194 Å². The highest BCUT2D eigenvalue weighted by molar-refractivity contribution is 5.99. The number of carbonyl (C=O) groups excluding carboxylic acids is 8. The monoisotopic (exact) mass is 1060 g/mol. The van der Waals surface area contributed by atoms with Gasteiger partial charge in [0.25, 0.3) is 0 Å². The Hall–Kier alpha value is -8.08. The maximum absolute atomic E-state index is 13.2. The van der Waals surface area contributed by atoms with Gasteiger partial charge in [-0.25, -0.2) is 24.0 Å². The lowest BCUT2D eigenvalue weighted by atomic mass is 9.87. The molecule has 0 bridgehead atoms. The SMILES string of the molecule is C=CC(=O)OCCCCCCOc1ccc(OC(=O)C2CCC(OC(=O)c3ccc(OC(=O)c4ccc(OC(=O)C5CCC(OC(=O)c6ccc(OCCCCCCOC(=O)C=C)cc6)CC5)cc4)cc3C=O)CC2)cc1. The molecule has 0 aromatic heterocycles. The maximum Gasteiger partial charge on any atom is 0.343 e. The second-order valence-corrected chi connectivity index (χ2v) is 18.6. The van der Waals surface area contributed by atoms with Crippen molar-refractivity contribution in [2.45, 2.75) is 115 Å². The van der Waals surface area contributed by atoms with Gasteiger partial charge in [-0.3, -0.25) is 14.4 Å². The van der Waals surface area contributed by atoms with Crippen LogP contribution in [0.1, 0.15) is 144 Å². The number of rotatable bonds is 29. The van der Waals surface area contributed by atoms with Gasteiger partial charge in [0.15, 0.2) is 6.29 Å². The molecule has 0 saturated heterocycles. The normalized spacial score (nSPS) is 16.8. The van der Waals surface area contributed by atoms with Crippen LogP contribution in [0.5, 0.6) is 28.7 Å². The number of benzene rings is 4. The predicted molar refractivity (Wildman–Crippen MR) is 280 cm³/mol. The summed E-state index contributed by atoms with van der Waals surface area (Å²) in [7, 11) is 0. The van der Waals surface area contributed by atoms with E-state index in [1.165, 1.54) is 42.5 Å². The molecule has 0 unspecified atom stereocenters. The Kier molecular flexibility index (Phi) is 23.5. The van der Waals surface area contributed by atoms with E-state index in [0.29, 0.717) is 107 Å². The predicted octanol–water partition coefficient (Wildman–Crippen LogP) is 10.7. The number of carbonyl (C=O) groups is 8. The molecule has 2 aliphatic rings. The van der Waals surface area contributed by atoms with Crippen molar-refractivity contribution >= 4 is 48.1 Å². The van der Waals surface area contributed by atoms with E-state index in [-0.39, 0.29) is 46.2 Å². The summed E-state index contributed by atoms with van der Waals surface area (Å²) in [5.41, 5.74) is 0.494. The summed E-state index contributed by atoms with van der Waals surface area (Å²) in [6.07, 6.45) is 12.4. The first-order valence-corrected chi connectivity index (χ1v) is 26.2.